The van der Waals surface area contributed by atoms with Crippen molar-refractivity contribution >= 4 is 5.78 Å². The molecule has 5 atom stereocenters. The number of rotatable bonds is 3. The second-order valence-electron chi connectivity index (χ2n) is 6.63. The summed E-state index contributed by atoms with van der Waals surface area (Å²) in [6, 6.07) is 0.582. The van der Waals surface area contributed by atoms with E-state index in [1.165, 1.54) is 12.8 Å². The Kier molecular flexibility index (Phi) is 3.07. The highest BCUT2D eigenvalue weighted by molar-refractivity contribution is 5.76. The van der Waals surface area contributed by atoms with Gasteiger partial charge in [0.15, 0.2) is 5.78 Å². The van der Waals surface area contributed by atoms with Crippen molar-refractivity contribution in [2.45, 2.75) is 44.8 Å². The molecule has 0 aromatic heterocycles. The van der Waals surface area contributed by atoms with Crippen LogP contribution in [0.5, 0.6) is 0 Å². The van der Waals surface area contributed by atoms with Crippen LogP contribution >= 0.6 is 0 Å². The molecular formula is C15H24NO2+. The summed E-state index contributed by atoms with van der Waals surface area (Å²) in [4.78, 5) is 11.7. The van der Waals surface area contributed by atoms with Gasteiger partial charge in [0.05, 0.1) is 12.6 Å². The van der Waals surface area contributed by atoms with Crippen molar-refractivity contribution in [2.75, 3.05) is 19.6 Å². The SMILES string of the molecule is CC(=O)C[N+]1(C2CC3C=CC2C3)CCCC(O)C1. The van der Waals surface area contributed by atoms with Crippen molar-refractivity contribution in [2.24, 2.45) is 11.8 Å². The number of nitrogens with zero attached hydrogens (tertiary/aromatic N) is 1. The Hall–Kier alpha value is -0.670. The number of aliphatic hydroxyl groups is 1. The fraction of sp³-hybridized carbons (Fsp3) is 0.800. The molecule has 18 heavy (non-hydrogen) atoms. The van der Waals surface area contributed by atoms with E-state index in [9.17, 15) is 9.90 Å². The number of quaternary nitrogens is 1. The number of allylic oxidation sites excluding steroid dienone is 1. The Morgan fingerprint density at radius 3 is 2.78 bits per heavy atom. The first-order valence-electron chi connectivity index (χ1n) is 7.31. The molecule has 3 aliphatic rings. The molecule has 2 fully saturated rings. The Balaban J connectivity index is 1.85. The van der Waals surface area contributed by atoms with E-state index in [0.717, 1.165) is 36.3 Å². The van der Waals surface area contributed by atoms with Gasteiger partial charge >= 0.3 is 0 Å². The molecule has 3 heteroatoms. The van der Waals surface area contributed by atoms with Crippen LogP contribution in [0.4, 0.5) is 0 Å². The first-order valence-corrected chi connectivity index (χ1v) is 7.31. The van der Waals surface area contributed by atoms with Gasteiger partial charge in [-0.1, -0.05) is 12.2 Å². The number of hydrogen-bond donors (Lipinski definition) is 1. The lowest BCUT2D eigenvalue weighted by atomic mass is 9.92. The maximum atomic E-state index is 11.7. The third kappa shape index (κ3) is 2.04. The van der Waals surface area contributed by atoms with Gasteiger partial charge in [-0.3, -0.25) is 4.79 Å². The van der Waals surface area contributed by atoms with Gasteiger partial charge < -0.3 is 9.59 Å². The Morgan fingerprint density at radius 2 is 2.22 bits per heavy atom. The van der Waals surface area contributed by atoms with E-state index >= 15 is 0 Å². The van der Waals surface area contributed by atoms with Crippen LogP contribution in [0.25, 0.3) is 0 Å². The summed E-state index contributed by atoms with van der Waals surface area (Å²) in [5.41, 5.74) is 0. The number of piperidine rings is 1. The average molecular weight is 250 g/mol. The van der Waals surface area contributed by atoms with E-state index in [4.69, 9.17) is 0 Å². The van der Waals surface area contributed by atoms with Crippen LogP contribution < -0.4 is 0 Å². The van der Waals surface area contributed by atoms with E-state index in [1.54, 1.807) is 6.92 Å². The number of likely N-dealkylation sites (tertiary alicyclic amines) is 1. The van der Waals surface area contributed by atoms with Crippen molar-refractivity contribution in [1.29, 1.82) is 0 Å². The quantitative estimate of drug-likeness (QED) is 0.609. The third-order valence-corrected chi connectivity index (χ3v) is 5.20. The fourth-order valence-corrected chi connectivity index (χ4v) is 4.63. The van der Waals surface area contributed by atoms with E-state index in [1.807, 2.05) is 0 Å². The monoisotopic (exact) mass is 250 g/mol. The van der Waals surface area contributed by atoms with Crippen molar-refractivity contribution in [3.8, 4) is 0 Å². The molecule has 0 radical (unpaired) electrons. The fourth-order valence-electron chi connectivity index (χ4n) is 4.63. The van der Waals surface area contributed by atoms with Crippen molar-refractivity contribution in [1.82, 2.24) is 0 Å². The molecular weight excluding hydrogens is 226 g/mol. The van der Waals surface area contributed by atoms with E-state index in [-0.39, 0.29) is 11.9 Å². The first-order chi connectivity index (χ1) is 8.59. The molecule has 0 spiro atoms. The molecule has 1 aliphatic heterocycles. The molecule has 2 aliphatic carbocycles. The minimum atomic E-state index is -0.207. The van der Waals surface area contributed by atoms with Crippen LogP contribution in [0.3, 0.4) is 0 Å². The minimum absolute atomic E-state index is 0.207. The summed E-state index contributed by atoms with van der Waals surface area (Å²) in [6.07, 6.45) is 8.98. The van der Waals surface area contributed by atoms with Gasteiger partial charge in [-0.2, -0.15) is 0 Å². The molecule has 100 valence electrons. The zero-order chi connectivity index (χ0) is 12.8. The maximum Gasteiger partial charge on any atom is 0.183 e. The zero-order valence-electron chi connectivity index (χ0n) is 11.2. The van der Waals surface area contributed by atoms with Crippen LogP contribution in [0.15, 0.2) is 12.2 Å². The second-order valence-corrected chi connectivity index (χ2v) is 6.63. The van der Waals surface area contributed by atoms with Crippen LogP contribution in [-0.4, -0.2) is 47.2 Å². The number of ketones is 1. The average Bonchev–Trinajstić information content (AvgIpc) is 2.89. The highest BCUT2D eigenvalue weighted by atomic mass is 16.3. The standard InChI is InChI=1S/C15H24NO2/c1-11(17)9-16(6-2-3-14(18)10-16)15-8-12-4-5-13(15)7-12/h4-5,12-15,18H,2-3,6-10H2,1H3/q+1. The molecule has 1 saturated heterocycles. The molecule has 1 N–H and O–H groups in total. The summed E-state index contributed by atoms with van der Waals surface area (Å²) in [7, 11) is 0. The summed E-state index contributed by atoms with van der Waals surface area (Å²) in [5, 5.41) is 10.0. The Labute approximate surface area is 109 Å². The Morgan fingerprint density at radius 1 is 1.39 bits per heavy atom. The van der Waals surface area contributed by atoms with Crippen LogP contribution in [0, 0.1) is 11.8 Å². The van der Waals surface area contributed by atoms with Crippen molar-refractivity contribution < 1.29 is 14.4 Å². The molecule has 0 aromatic carbocycles. The highest BCUT2D eigenvalue weighted by Crippen LogP contribution is 2.45. The number of hydrogen-bond acceptors (Lipinski definition) is 2. The van der Waals surface area contributed by atoms with Crippen molar-refractivity contribution in [3.63, 3.8) is 0 Å². The van der Waals surface area contributed by atoms with Gasteiger partial charge in [-0.25, -0.2) is 0 Å². The summed E-state index contributed by atoms with van der Waals surface area (Å²) in [5.74, 6) is 1.66. The van der Waals surface area contributed by atoms with Gasteiger partial charge in [-0.15, -0.1) is 0 Å². The molecule has 0 amide bonds. The zero-order valence-corrected chi connectivity index (χ0v) is 11.2. The maximum absolute atomic E-state index is 11.7. The molecule has 3 rings (SSSR count). The van der Waals surface area contributed by atoms with Gasteiger partial charge in [0, 0.05) is 19.3 Å². The lowest BCUT2D eigenvalue weighted by Gasteiger charge is -2.49. The Bertz CT molecular complexity index is 379. The van der Waals surface area contributed by atoms with Gasteiger partial charge in [0.2, 0.25) is 0 Å². The topological polar surface area (TPSA) is 37.3 Å². The molecule has 2 bridgehead atoms. The molecule has 0 aromatic rings. The largest absolute Gasteiger partial charge is 0.387 e. The van der Waals surface area contributed by atoms with E-state index in [0.29, 0.717) is 18.5 Å². The lowest BCUT2D eigenvalue weighted by Crippen LogP contribution is -2.64. The predicted octanol–water partition coefficient (Wildman–Crippen LogP) is 1.51. The smallest absolute Gasteiger partial charge is 0.183 e. The van der Waals surface area contributed by atoms with E-state index < -0.39 is 0 Å². The molecule has 1 heterocycles. The third-order valence-electron chi connectivity index (χ3n) is 5.20. The highest BCUT2D eigenvalue weighted by Gasteiger charge is 2.50. The van der Waals surface area contributed by atoms with Crippen LogP contribution in [0.1, 0.15) is 32.6 Å². The summed E-state index contributed by atoms with van der Waals surface area (Å²) in [6.45, 7) is 4.20. The van der Waals surface area contributed by atoms with Gasteiger partial charge in [0.1, 0.15) is 19.2 Å². The molecule has 1 saturated carbocycles. The number of carbonyl (C=O) groups is 1. The van der Waals surface area contributed by atoms with E-state index in [2.05, 4.69) is 12.2 Å². The van der Waals surface area contributed by atoms with Crippen molar-refractivity contribution in [3.05, 3.63) is 12.2 Å². The van der Waals surface area contributed by atoms with Gasteiger partial charge in [-0.05, 0) is 25.2 Å². The molecule has 5 unspecified atom stereocenters. The summed E-state index contributed by atoms with van der Waals surface area (Å²) < 4.78 is 0.863. The number of Topliss-reactive ketones (excluding diaryl/α,β-unsaturated/α-hetero) is 1. The number of fused-ring (bicyclic) bond motifs is 2. The number of aliphatic hydroxyl groups excluding tert-OH is 1. The predicted molar refractivity (Wildman–Crippen MR) is 69.9 cm³/mol. The van der Waals surface area contributed by atoms with Crippen LogP contribution in [-0.2, 0) is 4.79 Å². The second kappa shape index (κ2) is 4.46. The first kappa shape index (κ1) is 12.4. The van der Waals surface area contributed by atoms with Crippen LogP contribution in [0.2, 0.25) is 0 Å². The normalized spacial score (nSPS) is 46.6. The molecule has 3 nitrogen and oxygen atoms in total. The minimum Gasteiger partial charge on any atom is -0.387 e. The number of carbonyl (C=O) groups excluding carboxylic acids is 1. The summed E-state index contributed by atoms with van der Waals surface area (Å²) >= 11 is 0. The lowest BCUT2D eigenvalue weighted by molar-refractivity contribution is -0.953. The van der Waals surface area contributed by atoms with Gasteiger partial charge in [0.25, 0.3) is 0 Å².